The lowest BCUT2D eigenvalue weighted by molar-refractivity contribution is 0.593. The van der Waals surface area contributed by atoms with Crippen molar-refractivity contribution in [2.75, 3.05) is 12.3 Å². The van der Waals surface area contributed by atoms with Gasteiger partial charge in [-0.1, -0.05) is 60.7 Å². The second-order valence-electron chi connectivity index (χ2n) is 4.69. The fraction of sp³-hybridized carbons (Fsp3) is 0.176. The van der Waals surface area contributed by atoms with Crippen LogP contribution in [0.3, 0.4) is 0 Å². The molecule has 0 aliphatic heterocycles. The number of hydrogen-bond donors (Lipinski definition) is 1. The van der Waals surface area contributed by atoms with Crippen molar-refractivity contribution in [1.82, 2.24) is 4.72 Å². The highest BCUT2D eigenvalue weighted by Crippen LogP contribution is 2.10. The van der Waals surface area contributed by atoms with E-state index in [2.05, 4.69) is 16.9 Å². The molecule has 0 atom stereocenters. The molecule has 116 valence electrons. The maximum atomic E-state index is 11.8. The van der Waals surface area contributed by atoms with Gasteiger partial charge in [-0.05, 0) is 17.2 Å². The molecule has 1 N–H and O–H groups in total. The first-order chi connectivity index (χ1) is 10.7. The topological polar surface area (TPSA) is 46.2 Å². The zero-order valence-electron chi connectivity index (χ0n) is 12.2. The van der Waals surface area contributed by atoms with Gasteiger partial charge in [0.05, 0.1) is 0 Å². The summed E-state index contributed by atoms with van der Waals surface area (Å²) in [4.78, 5) is 0. The van der Waals surface area contributed by atoms with Gasteiger partial charge < -0.3 is 0 Å². The van der Waals surface area contributed by atoms with Crippen LogP contribution in [0.5, 0.6) is 0 Å². The number of nitrogens with one attached hydrogen (secondary N) is 1. The molecule has 2 aromatic rings. The maximum Gasteiger partial charge on any atom is 0.233 e. The molecular formula is C17H19NO2S2. The Kier molecular flexibility index (Phi) is 6.71. The minimum absolute atomic E-state index is 0.430. The summed E-state index contributed by atoms with van der Waals surface area (Å²) in [5.74, 6) is 1.63. The number of hydrogen-bond acceptors (Lipinski definition) is 3. The zero-order valence-corrected chi connectivity index (χ0v) is 13.8. The molecule has 0 radical (unpaired) electrons. The summed E-state index contributed by atoms with van der Waals surface area (Å²) < 4.78 is 26.2. The molecule has 2 rings (SSSR count). The second kappa shape index (κ2) is 8.78. The third-order valence-electron chi connectivity index (χ3n) is 2.90. The quantitative estimate of drug-likeness (QED) is 0.752. The van der Waals surface area contributed by atoms with Gasteiger partial charge in [-0.25, -0.2) is 13.1 Å². The first-order valence-electron chi connectivity index (χ1n) is 7.00. The molecule has 0 saturated carbocycles. The van der Waals surface area contributed by atoms with Gasteiger partial charge in [0.15, 0.2) is 0 Å². The lowest BCUT2D eigenvalue weighted by Crippen LogP contribution is -2.23. The normalized spacial score (nSPS) is 11.8. The monoisotopic (exact) mass is 333 g/mol. The van der Waals surface area contributed by atoms with Crippen LogP contribution in [-0.2, 0) is 15.8 Å². The average molecular weight is 333 g/mol. The Bertz CT molecular complexity index is 683. The summed E-state index contributed by atoms with van der Waals surface area (Å²) in [7, 11) is -3.37. The number of rotatable bonds is 8. The zero-order chi connectivity index (χ0) is 15.7. The molecule has 0 spiro atoms. The van der Waals surface area contributed by atoms with Gasteiger partial charge in [0, 0.05) is 23.5 Å². The van der Waals surface area contributed by atoms with Crippen molar-refractivity contribution in [2.24, 2.45) is 0 Å². The number of thioether (sulfide) groups is 1. The Morgan fingerprint density at radius 2 is 1.59 bits per heavy atom. The molecule has 2 aromatic carbocycles. The van der Waals surface area contributed by atoms with Gasteiger partial charge in [0.25, 0.3) is 0 Å². The molecule has 0 heterocycles. The highest BCUT2D eigenvalue weighted by Gasteiger charge is 2.03. The van der Waals surface area contributed by atoms with E-state index in [9.17, 15) is 8.42 Å². The van der Waals surface area contributed by atoms with Crippen molar-refractivity contribution in [3.05, 3.63) is 77.2 Å². The standard InChI is InChI=1S/C17H19NO2S2/c19-22(20,14-11-16-7-3-1-4-8-16)18-12-13-21-15-17-9-5-2-6-10-17/h1-11,14,18H,12-13,15H2. The van der Waals surface area contributed by atoms with Crippen LogP contribution in [-0.4, -0.2) is 20.7 Å². The summed E-state index contributed by atoms with van der Waals surface area (Å²) in [6.45, 7) is 0.430. The van der Waals surface area contributed by atoms with E-state index in [4.69, 9.17) is 0 Å². The van der Waals surface area contributed by atoms with Crippen LogP contribution >= 0.6 is 11.8 Å². The predicted molar refractivity (Wildman–Crippen MR) is 95.0 cm³/mol. The highest BCUT2D eigenvalue weighted by molar-refractivity contribution is 7.98. The van der Waals surface area contributed by atoms with E-state index in [0.717, 1.165) is 17.1 Å². The van der Waals surface area contributed by atoms with Gasteiger partial charge >= 0.3 is 0 Å². The molecule has 0 aromatic heterocycles. The first kappa shape index (κ1) is 16.8. The molecule has 0 saturated heterocycles. The molecule has 0 fully saturated rings. The summed E-state index contributed by atoms with van der Waals surface area (Å²) in [6.07, 6.45) is 1.60. The summed E-state index contributed by atoms with van der Waals surface area (Å²) in [6, 6.07) is 19.5. The lowest BCUT2D eigenvalue weighted by atomic mass is 10.2. The second-order valence-corrected chi connectivity index (χ2v) is 7.45. The van der Waals surface area contributed by atoms with Crippen LogP contribution < -0.4 is 4.72 Å². The molecule has 0 bridgehead atoms. The average Bonchev–Trinajstić information content (AvgIpc) is 2.55. The Morgan fingerprint density at radius 3 is 2.27 bits per heavy atom. The van der Waals surface area contributed by atoms with Crippen molar-refractivity contribution in [3.63, 3.8) is 0 Å². The predicted octanol–water partition coefficient (Wildman–Crippen LogP) is 3.51. The largest absolute Gasteiger partial charge is 0.233 e. The molecule has 0 aliphatic rings. The van der Waals surface area contributed by atoms with Crippen LogP contribution in [0.2, 0.25) is 0 Å². The van der Waals surface area contributed by atoms with E-state index >= 15 is 0 Å². The molecule has 0 aliphatic carbocycles. The van der Waals surface area contributed by atoms with Crippen molar-refractivity contribution in [1.29, 1.82) is 0 Å². The Labute approximate surface area is 136 Å². The highest BCUT2D eigenvalue weighted by atomic mass is 32.2. The molecular weight excluding hydrogens is 314 g/mol. The van der Waals surface area contributed by atoms with Crippen molar-refractivity contribution in [3.8, 4) is 0 Å². The fourth-order valence-electron chi connectivity index (χ4n) is 1.80. The SMILES string of the molecule is O=S(=O)(C=Cc1ccccc1)NCCSCc1ccccc1. The van der Waals surface area contributed by atoms with Crippen LogP contribution in [0, 0.1) is 0 Å². The Hall–Kier alpha value is -1.56. The molecule has 0 unspecified atom stereocenters. The van der Waals surface area contributed by atoms with E-state index < -0.39 is 10.0 Å². The number of benzene rings is 2. The summed E-state index contributed by atoms with van der Waals surface area (Å²) in [5.41, 5.74) is 2.12. The fourth-order valence-corrected chi connectivity index (χ4v) is 3.57. The Morgan fingerprint density at radius 1 is 0.955 bits per heavy atom. The van der Waals surface area contributed by atoms with Crippen molar-refractivity contribution in [2.45, 2.75) is 5.75 Å². The van der Waals surface area contributed by atoms with Crippen molar-refractivity contribution < 1.29 is 8.42 Å². The van der Waals surface area contributed by atoms with Crippen LogP contribution in [0.1, 0.15) is 11.1 Å². The van der Waals surface area contributed by atoms with Gasteiger partial charge in [-0.3, -0.25) is 0 Å². The minimum atomic E-state index is -3.37. The van der Waals surface area contributed by atoms with Gasteiger partial charge in [-0.15, -0.1) is 0 Å². The van der Waals surface area contributed by atoms with Crippen LogP contribution in [0.15, 0.2) is 66.1 Å². The van der Waals surface area contributed by atoms with Gasteiger partial charge in [-0.2, -0.15) is 11.8 Å². The number of sulfonamides is 1. The van der Waals surface area contributed by atoms with E-state index in [-0.39, 0.29) is 0 Å². The molecule has 0 amide bonds. The molecule has 5 heteroatoms. The smallest absolute Gasteiger partial charge is 0.211 e. The van der Waals surface area contributed by atoms with Gasteiger partial charge in [0.1, 0.15) is 0 Å². The summed E-state index contributed by atoms with van der Waals surface area (Å²) >= 11 is 1.71. The Balaban J connectivity index is 1.70. The lowest BCUT2D eigenvalue weighted by Gasteiger charge is -2.03. The van der Waals surface area contributed by atoms with Crippen molar-refractivity contribution >= 4 is 27.9 Å². The van der Waals surface area contributed by atoms with Crippen LogP contribution in [0.25, 0.3) is 6.08 Å². The first-order valence-corrected chi connectivity index (χ1v) is 9.70. The maximum absolute atomic E-state index is 11.8. The summed E-state index contributed by atoms with van der Waals surface area (Å²) in [5, 5.41) is 1.21. The minimum Gasteiger partial charge on any atom is -0.211 e. The third-order valence-corrected chi connectivity index (χ3v) is 5.03. The van der Waals surface area contributed by atoms with E-state index in [1.807, 2.05) is 48.5 Å². The molecule has 22 heavy (non-hydrogen) atoms. The van der Waals surface area contributed by atoms with Crippen LogP contribution in [0.4, 0.5) is 0 Å². The van der Waals surface area contributed by atoms with Gasteiger partial charge in [0.2, 0.25) is 10.0 Å². The van der Waals surface area contributed by atoms with E-state index in [1.165, 1.54) is 11.0 Å². The molecule has 3 nitrogen and oxygen atoms in total. The van der Waals surface area contributed by atoms with E-state index in [1.54, 1.807) is 17.8 Å². The van der Waals surface area contributed by atoms with E-state index in [0.29, 0.717) is 6.54 Å². The third kappa shape index (κ3) is 6.47.